The Hall–Kier alpha value is -1.10. The van der Waals surface area contributed by atoms with Crippen LogP contribution in [0.15, 0.2) is 23.1 Å². The summed E-state index contributed by atoms with van der Waals surface area (Å²) in [6.45, 7) is 4.07. The lowest BCUT2D eigenvalue weighted by Crippen LogP contribution is -2.08. The Balaban J connectivity index is 2.82. The number of benzene rings is 1. The molecule has 96 valence electrons. The van der Waals surface area contributed by atoms with Crippen LogP contribution in [0.25, 0.3) is 0 Å². The Labute approximate surface area is 102 Å². The summed E-state index contributed by atoms with van der Waals surface area (Å²) in [5, 5.41) is 0. The summed E-state index contributed by atoms with van der Waals surface area (Å²) in [5.41, 5.74) is 5.56. The van der Waals surface area contributed by atoms with E-state index in [-0.39, 0.29) is 16.3 Å². The molecule has 0 aliphatic heterocycles. The first-order chi connectivity index (χ1) is 7.81. The average molecular weight is 259 g/mol. The monoisotopic (exact) mass is 259 g/mol. The number of rotatable bonds is 5. The van der Waals surface area contributed by atoms with Crippen LogP contribution in [0, 0.1) is 11.7 Å². The first-order valence-corrected chi connectivity index (χ1v) is 7.25. The van der Waals surface area contributed by atoms with E-state index in [9.17, 15) is 12.8 Å². The molecular formula is C12H18FNO2S. The summed E-state index contributed by atoms with van der Waals surface area (Å²) < 4.78 is 36.9. The van der Waals surface area contributed by atoms with Crippen molar-refractivity contribution >= 4 is 15.5 Å². The molecule has 1 aromatic carbocycles. The van der Waals surface area contributed by atoms with Gasteiger partial charge in [-0.2, -0.15) is 0 Å². The third-order valence-electron chi connectivity index (χ3n) is 2.45. The number of hydrogen-bond donors (Lipinski definition) is 1. The van der Waals surface area contributed by atoms with Crippen LogP contribution in [-0.4, -0.2) is 14.2 Å². The summed E-state index contributed by atoms with van der Waals surface area (Å²) in [5.74, 6) is -0.121. The fraction of sp³-hybridized carbons (Fsp3) is 0.500. The maximum absolute atomic E-state index is 13.1. The highest BCUT2D eigenvalue weighted by Crippen LogP contribution is 2.18. The molecule has 2 N–H and O–H groups in total. The fourth-order valence-corrected chi connectivity index (χ4v) is 2.95. The first-order valence-electron chi connectivity index (χ1n) is 5.60. The predicted octanol–water partition coefficient (Wildman–Crippen LogP) is 2.62. The molecule has 0 saturated heterocycles. The molecule has 1 rings (SSSR count). The maximum atomic E-state index is 13.1. The number of hydrogen-bond acceptors (Lipinski definition) is 3. The third kappa shape index (κ3) is 4.34. The van der Waals surface area contributed by atoms with Gasteiger partial charge in [0.1, 0.15) is 5.82 Å². The van der Waals surface area contributed by atoms with Crippen LogP contribution < -0.4 is 5.73 Å². The molecule has 0 amide bonds. The van der Waals surface area contributed by atoms with Crippen LogP contribution >= 0.6 is 0 Å². The minimum Gasteiger partial charge on any atom is -0.399 e. The largest absolute Gasteiger partial charge is 0.399 e. The van der Waals surface area contributed by atoms with Gasteiger partial charge in [-0.1, -0.05) is 13.8 Å². The third-order valence-corrected chi connectivity index (χ3v) is 4.23. The lowest BCUT2D eigenvalue weighted by Gasteiger charge is -2.07. The molecule has 1 aromatic rings. The van der Waals surface area contributed by atoms with Crippen molar-refractivity contribution in [1.29, 1.82) is 0 Å². The number of anilines is 1. The van der Waals surface area contributed by atoms with E-state index >= 15 is 0 Å². The van der Waals surface area contributed by atoms with E-state index < -0.39 is 15.7 Å². The second kappa shape index (κ2) is 5.49. The van der Waals surface area contributed by atoms with E-state index in [4.69, 9.17) is 5.73 Å². The highest BCUT2D eigenvalue weighted by Gasteiger charge is 2.15. The van der Waals surface area contributed by atoms with Gasteiger partial charge < -0.3 is 5.73 Å². The van der Waals surface area contributed by atoms with E-state index in [0.717, 1.165) is 18.6 Å². The van der Waals surface area contributed by atoms with Gasteiger partial charge in [0, 0.05) is 5.69 Å². The van der Waals surface area contributed by atoms with Crippen molar-refractivity contribution in [3.8, 4) is 0 Å². The van der Waals surface area contributed by atoms with Crippen molar-refractivity contribution < 1.29 is 12.8 Å². The van der Waals surface area contributed by atoms with Crippen molar-refractivity contribution in [2.45, 2.75) is 31.6 Å². The van der Waals surface area contributed by atoms with Crippen LogP contribution in [0.2, 0.25) is 0 Å². The van der Waals surface area contributed by atoms with E-state index in [1.807, 2.05) is 13.8 Å². The molecule has 0 heterocycles. The smallest absolute Gasteiger partial charge is 0.178 e. The van der Waals surface area contributed by atoms with Gasteiger partial charge in [-0.3, -0.25) is 0 Å². The Morgan fingerprint density at radius 2 is 1.94 bits per heavy atom. The van der Waals surface area contributed by atoms with Gasteiger partial charge in [0.2, 0.25) is 0 Å². The van der Waals surface area contributed by atoms with Crippen molar-refractivity contribution in [3.05, 3.63) is 24.0 Å². The Kier molecular flexibility index (Phi) is 4.51. The molecule has 0 aliphatic rings. The Bertz CT molecular complexity index is 463. The molecule has 0 bridgehead atoms. The quantitative estimate of drug-likeness (QED) is 0.827. The summed E-state index contributed by atoms with van der Waals surface area (Å²) in [6.07, 6.45) is 1.42. The van der Waals surface area contributed by atoms with Gasteiger partial charge in [0.25, 0.3) is 0 Å². The molecule has 0 unspecified atom stereocenters. The van der Waals surface area contributed by atoms with E-state index in [0.29, 0.717) is 12.3 Å². The number of nitrogen functional groups attached to an aromatic ring is 1. The molecule has 5 heteroatoms. The normalized spacial score (nSPS) is 12.0. The zero-order chi connectivity index (χ0) is 13.1. The van der Waals surface area contributed by atoms with Crippen LogP contribution in [0.5, 0.6) is 0 Å². The van der Waals surface area contributed by atoms with Crippen molar-refractivity contribution in [2.24, 2.45) is 5.92 Å². The molecule has 3 nitrogen and oxygen atoms in total. The van der Waals surface area contributed by atoms with Crippen LogP contribution in [0.4, 0.5) is 10.1 Å². The van der Waals surface area contributed by atoms with Crippen molar-refractivity contribution in [2.75, 3.05) is 11.5 Å². The molecular weight excluding hydrogens is 241 g/mol. The molecule has 0 saturated carbocycles. The van der Waals surface area contributed by atoms with Gasteiger partial charge in [0.05, 0.1) is 10.6 Å². The summed E-state index contributed by atoms with van der Waals surface area (Å²) >= 11 is 0. The predicted molar refractivity (Wildman–Crippen MR) is 66.9 cm³/mol. The standard InChI is InChI=1S/C12H18FNO2S/c1-9(2)4-3-5-17(15,16)12-7-10(13)6-11(14)8-12/h6-9H,3-5,14H2,1-2H3. The molecule has 0 aromatic heterocycles. The zero-order valence-corrected chi connectivity index (χ0v) is 10.9. The van der Waals surface area contributed by atoms with E-state index in [2.05, 4.69) is 0 Å². The molecule has 0 atom stereocenters. The molecule has 17 heavy (non-hydrogen) atoms. The number of sulfone groups is 1. The summed E-state index contributed by atoms with van der Waals surface area (Å²) in [4.78, 5) is -0.0289. The van der Waals surface area contributed by atoms with Gasteiger partial charge in [-0.05, 0) is 37.0 Å². The van der Waals surface area contributed by atoms with Gasteiger partial charge in [0.15, 0.2) is 9.84 Å². The lowest BCUT2D eigenvalue weighted by molar-refractivity contribution is 0.559. The average Bonchev–Trinajstić information content (AvgIpc) is 2.14. The summed E-state index contributed by atoms with van der Waals surface area (Å²) in [6, 6.07) is 3.42. The van der Waals surface area contributed by atoms with Crippen LogP contribution in [0.1, 0.15) is 26.7 Å². The Morgan fingerprint density at radius 1 is 1.29 bits per heavy atom. The fourth-order valence-electron chi connectivity index (χ4n) is 1.56. The van der Waals surface area contributed by atoms with Gasteiger partial charge in [-0.15, -0.1) is 0 Å². The van der Waals surface area contributed by atoms with Crippen molar-refractivity contribution in [1.82, 2.24) is 0 Å². The van der Waals surface area contributed by atoms with Crippen LogP contribution in [0.3, 0.4) is 0 Å². The molecule has 0 fully saturated rings. The lowest BCUT2D eigenvalue weighted by atomic mass is 10.1. The topological polar surface area (TPSA) is 60.2 Å². The number of halogens is 1. The minimum absolute atomic E-state index is 0.0289. The van der Waals surface area contributed by atoms with Crippen LogP contribution in [-0.2, 0) is 9.84 Å². The second-order valence-corrected chi connectivity index (χ2v) is 6.68. The minimum atomic E-state index is -3.42. The molecule has 0 spiro atoms. The number of nitrogens with two attached hydrogens (primary N) is 1. The molecule has 0 radical (unpaired) electrons. The molecule has 0 aliphatic carbocycles. The maximum Gasteiger partial charge on any atom is 0.178 e. The SMILES string of the molecule is CC(C)CCCS(=O)(=O)c1cc(N)cc(F)c1. The van der Waals surface area contributed by atoms with Gasteiger partial charge in [-0.25, -0.2) is 12.8 Å². The van der Waals surface area contributed by atoms with Gasteiger partial charge >= 0.3 is 0 Å². The first kappa shape index (κ1) is 14.0. The zero-order valence-electron chi connectivity index (χ0n) is 10.1. The van der Waals surface area contributed by atoms with E-state index in [1.54, 1.807) is 0 Å². The highest BCUT2D eigenvalue weighted by molar-refractivity contribution is 7.91. The van der Waals surface area contributed by atoms with E-state index in [1.165, 1.54) is 6.07 Å². The van der Waals surface area contributed by atoms with Crippen molar-refractivity contribution in [3.63, 3.8) is 0 Å². The summed E-state index contributed by atoms with van der Waals surface area (Å²) in [7, 11) is -3.42. The second-order valence-electron chi connectivity index (χ2n) is 4.58. The highest BCUT2D eigenvalue weighted by atomic mass is 32.2. The Morgan fingerprint density at radius 3 is 2.47 bits per heavy atom.